The van der Waals surface area contributed by atoms with Crippen molar-refractivity contribution in [2.24, 2.45) is 5.73 Å². The van der Waals surface area contributed by atoms with E-state index in [1.165, 1.54) is 6.07 Å². The second-order valence-electron chi connectivity index (χ2n) is 3.97. The van der Waals surface area contributed by atoms with Crippen molar-refractivity contribution in [1.29, 1.82) is 0 Å². The molecule has 0 heterocycles. The number of benzene rings is 1. The van der Waals surface area contributed by atoms with Gasteiger partial charge in [-0.05, 0) is 19.1 Å². The molecule has 104 valence electrons. The van der Waals surface area contributed by atoms with Crippen molar-refractivity contribution in [2.45, 2.75) is 13.3 Å². The smallest absolute Gasteiger partial charge is 0.307 e. The summed E-state index contributed by atoms with van der Waals surface area (Å²) in [4.78, 5) is 13.0. The Labute approximate surface area is 117 Å². The normalized spacial score (nSPS) is 10.1. The van der Waals surface area contributed by atoms with Crippen molar-refractivity contribution in [3.05, 3.63) is 29.6 Å². The lowest BCUT2D eigenvalue weighted by Gasteiger charge is -2.22. The first-order valence-corrected chi connectivity index (χ1v) is 6.33. The van der Waals surface area contributed by atoms with Crippen LogP contribution in [0.25, 0.3) is 0 Å². The molecule has 2 N–H and O–H groups in total. The third-order valence-corrected chi connectivity index (χ3v) is 2.81. The number of carbonyl (C=O) groups is 1. The molecule has 0 aromatic heterocycles. The van der Waals surface area contributed by atoms with Crippen LogP contribution in [-0.4, -0.2) is 31.2 Å². The Kier molecular flexibility index (Phi) is 5.69. The summed E-state index contributed by atoms with van der Waals surface area (Å²) in [6.07, 6.45) is 0.220. The summed E-state index contributed by atoms with van der Waals surface area (Å²) in [5.41, 5.74) is 6.29. The Bertz CT molecular complexity index is 480. The van der Waals surface area contributed by atoms with Crippen LogP contribution < -0.4 is 10.6 Å². The number of halogens is 1. The van der Waals surface area contributed by atoms with Crippen LogP contribution in [0.1, 0.15) is 18.9 Å². The lowest BCUT2D eigenvalue weighted by atomic mass is 10.1. The van der Waals surface area contributed by atoms with Crippen LogP contribution >= 0.6 is 12.2 Å². The molecule has 6 heteroatoms. The lowest BCUT2D eigenvalue weighted by Crippen LogP contribution is -2.25. The summed E-state index contributed by atoms with van der Waals surface area (Å²) in [5, 5.41) is 0. The van der Waals surface area contributed by atoms with Gasteiger partial charge in [0.1, 0.15) is 10.8 Å². The number of hydrogen-bond donors (Lipinski definition) is 1. The highest BCUT2D eigenvalue weighted by Gasteiger charge is 2.15. The largest absolute Gasteiger partial charge is 0.466 e. The minimum absolute atomic E-state index is 0.00363. The van der Waals surface area contributed by atoms with Crippen molar-refractivity contribution in [3.63, 3.8) is 0 Å². The Morgan fingerprint density at radius 3 is 2.79 bits per heavy atom. The molecule has 1 aromatic carbocycles. The number of anilines is 1. The second kappa shape index (κ2) is 7.04. The van der Waals surface area contributed by atoms with Crippen molar-refractivity contribution >= 4 is 28.9 Å². The molecule has 0 saturated heterocycles. The first-order chi connectivity index (χ1) is 8.97. The molecule has 0 unspecified atom stereocenters. The van der Waals surface area contributed by atoms with E-state index in [0.717, 1.165) is 0 Å². The van der Waals surface area contributed by atoms with E-state index in [2.05, 4.69) is 0 Å². The molecule has 0 bridgehead atoms. The van der Waals surface area contributed by atoms with Crippen LogP contribution in [-0.2, 0) is 9.53 Å². The molecule has 4 nitrogen and oxygen atoms in total. The minimum atomic E-state index is -0.465. The molecule has 0 radical (unpaired) electrons. The monoisotopic (exact) mass is 284 g/mol. The molecular weight excluding hydrogens is 267 g/mol. The molecule has 0 saturated carbocycles. The third kappa shape index (κ3) is 4.17. The highest BCUT2D eigenvalue weighted by Crippen LogP contribution is 2.22. The van der Waals surface area contributed by atoms with E-state index < -0.39 is 5.82 Å². The fourth-order valence-electron chi connectivity index (χ4n) is 1.69. The molecule has 19 heavy (non-hydrogen) atoms. The van der Waals surface area contributed by atoms with Crippen molar-refractivity contribution < 1.29 is 13.9 Å². The first kappa shape index (κ1) is 15.4. The van der Waals surface area contributed by atoms with E-state index in [4.69, 9.17) is 22.7 Å². The average molecular weight is 284 g/mol. The van der Waals surface area contributed by atoms with Crippen LogP contribution in [0.2, 0.25) is 0 Å². The topological polar surface area (TPSA) is 55.6 Å². The summed E-state index contributed by atoms with van der Waals surface area (Å²) >= 11 is 4.85. The Morgan fingerprint density at radius 2 is 2.21 bits per heavy atom. The quantitative estimate of drug-likeness (QED) is 0.638. The first-order valence-electron chi connectivity index (χ1n) is 5.92. The van der Waals surface area contributed by atoms with Gasteiger partial charge in [-0.25, -0.2) is 4.39 Å². The zero-order valence-electron chi connectivity index (χ0n) is 11.0. The Morgan fingerprint density at radius 1 is 1.53 bits per heavy atom. The second-order valence-corrected chi connectivity index (χ2v) is 4.41. The fraction of sp³-hybridized carbons (Fsp3) is 0.385. The van der Waals surface area contributed by atoms with Gasteiger partial charge < -0.3 is 15.4 Å². The molecule has 0 atom stereocenters. The Balaban J connectivity index is 2.82. The maximum Gasteiger partial charge on any atom is 0.307 e. The van der Waals surface area contributed by atoms with Gasteiger partial charge in [0.25, 0.3) is 0 Å². The number of esters is 1. The van der Waals surface area contributed by atoms with Crippen molar-refractivity contribution in [2.75, 3.05) is 25.1 Å². The highest BCUT2D eigenvalue weighted by atomic mass is 32.1. The lowest BCUT2D eigenvalue weighted by molar-refractivity contribution is -0.142. The van der Waals surface area contributed by atoms with E-state index >= 15 is 0 Å². The van der Waals surface area contributed by atoms with E-state index in [0.29, 0.717) is 18.8 Å². The summed E-state index contributed by atoms with van der Waals surface area (Å²) in [5.74, 6) is -0.754. The third-order valence-electron chi connectivity index (χ3n) is 2.61. The van der Waals surface area contributed by atoms with Crippen LogP contribution in [0.4, 0.5) is 10.1 Å². The van der Waals surface area contributed by atoms with Gasteiger partial charge in [0, 0.05) is 19.3 Å². The number of nitrogens with two attached hydrogens (primary N) is 1. The van der Waals surface area contributed by atoms with Gasteiger partial charge in [-0.3, -0.25) is 4.79 Å². The van der Waals surface area contributed by atoms with Gasteiger partial charge in [-0.15, -0.1) is 0 Å². The zero-order valence-corrected chi connectivity index (χ0v) is 11.8. The van der Waals surface area contributed by atoms with Crippen LogP contribution in [0.15, 0.2) is 18.2 Å². The standard InChI is InChI=1S/C13H17FN2O2S/c1-3-18-11(17)7-8-16(2)10-6-4-5-9(14)12(10)13(15)19/h4-6H,3,7-8H2,1-2H3,(H2,15,19). The van der Waals surface area contributed by atoms with Gasteiger partial charge >= 0.3 is 5.97 Å². The number of nitrogens with zero attached hydrogens (tertiary/aromatic N) is 1. The van der Waals surface area contributed by atoms with Crippen molar-refractivity contribution in [3.8, 4) is 0 Å². The molecule has 0 aliphatic carbocycles. The van der Waals surface area contributed by atoms with Crippen molar-refractivity contribution in [1.82, 2.24) is 0 Å². The molecule has 0 amide bonds. The molecular formula is C13H17FN2O2S. The zero-order chi connectivity index (χ0) is 14.4. The van der Waals surface area contributed by atoms with E-state index in [1.807, 2.05) is 0 Å². The predicted molar refractivity (Wildman–Crippen MR) is 76.8 cm³/mol. The van der Waals surface area contributed by atoms with Crippen LogP contribution in [0.3, 0.4) is 0 Å². The maximum atomic E-state index is 13.7. The summed E-state index contributed by atoms with van der Waals surface area (Å²) in [7, 11) is 1.75. The van der Waals surface area contributed by atoms with Crippen LogP contribution in [0.5, 0.6) is 0 Å². The number of hydrogen-bond acceptors (Lipinski definition) is 4. The molecule has 0 aliphatic rings. The van der Waals surface area contributed by atoms with Gasteiger partial charge in [0.15, 0.2) is 0 Å². The minimum Gasteiger partial charge on any atom is -0.466 e. The van der Waals surface area contributed by atoms with Gasteiger partial charge in [0.2, 0.25) is 0 Å². The van der Waals surface area contributed by atoms with E-state index in [9.17, 15) is 9.18 Å². The molecule has 1 aromatic rings. The van der Waals surface area contributed by atoms with E-state index in [1.54, 1.807) is 31.0 Å². The maximum absolute atomic E-state index is 13.7. The molecule has 0 fully saturated rings. The van der Waals surface area contributed by atoms with Gasteiger partial charge in [-0.1, -0.05) is 18.3 Å². The molecule has 0 aliphatic heterocycles. The van der Waals surface area contributed by atoms with Gasteiger partial charge in [0.05, 0.1) is 18.6 Å². The predicted octanol–water partition coefficient (Wildman–Crippen LogP) is 1.85. The molecule has 1 rings (SSSR count). The van der Waals surface area contributed by atoms with Gasteiger partial charge in [-0.2, -0.15) is 0 Å². The molecule has 0 spiro atoms. The number of rotatable bonds is 6. The fourth-order valence-corrected chi connectivity index (χ4v) is 1.89. The highest BCUT2D eigenvalue weighted by molar-refractivity contribution is 7.80. The summed E-state index contributed by atoms with van der Waals surface area (Å²) in [6.45, 7) is 2.50. The summed E-state index contributed by atoms with van der Waals surface area (Å²) in [6, 6.07) is 4.59. The number of thiocarbonyl (C=S) groups is 1. The number of carbonyl (C=O) groups excluding carboxylic acids is 1. The Hall–Kier alpha value is -1.69. The average Bonchev–Trinajstić information content (AvgIpc) is 2.35. The van der Waals surface area contributed by atoms with E-state index in [-0.39, 0.29) is 22.9 Å². The SMILES string of the molecule is CCOC(=O)CCN(C)c1cccc(F)c1C(N)=S. The summed E-state index contributed by atoms with van der Waals surface area (Å²) < 4.78 is 18.5. The van der Waals surface area contributed by atoms with Crippen LogP contribution in [0, 0.1) is 5.82 Å². The number of ether oxygens (including phenoxy) is 1.